The van der Waals surface area contributed by atoms with Crippen LogP contribution in [0, 0.1) is 0 Å². The summed E-state index contributed by atoms with van der Waals surface area (Å²) in [7, 11) is 1.57. The molecule has 0 spiro atoms. The molecule has 2 N–H and O–H groups in total. The highest BCUT2D eigenvalue weighted by Gasteiger charge is 2.19. The minimum Gasteiger partial charge on any atom is -0.497 e. The average molecular weight is 339 g/mol. The number of amides is 3. The molecule has 0 aliphatic carbocycles. The Kier molecular flexibility index (Phi) is 5.18. The molecule has 6 heteroatoms. The molecule has 0 aromatic heterocycles. The van der Waals surface area contributed by atoms with Gasteiger partial charge < -0.3 is 20.3 Å². The molecule has 3 amide bonds. The van der Waals surface area contributed by atoms with Gasteiger partial charge in [-0.2, -0.15) is 0 Å². The second kappa shape index (κ2) is 7.70. The minimum absolute atomic E-state index is 0.0462. The van der Waals surface area contributed by atoms with Crippen LogP contribution in [0.4, 0.5) is 16.2 Å². The summed E-state index contributed by atoms with van der Waals surface area (Å²) in [6.07, 6.45) is 2.13. The Morgan fingerprint density at radius 2 is 1.64 bits per heavy atom. The highest BCUT2D eigenvalue weighted by atomic mass is 16.5. The van der Waals surface area contributed by atoms with Crippen molar-refractivity contribution in [2.45, 2.75) is 12.8 Å². The smallest absolute Gasteiger partial charge is 0.323 e. The van der Waals surface area contributed by atoms with Crippen LogP contribution in [0.1, 0.15) is 23.2 Å². The first kappa shape index (κ1) is 16.8. The number of rotatable bonds is 4. The van der Waals surface area contributed by atoms with E-state index in [-0.39, 0.29) is 11.9 Å². The minimum atomic E-state index is -0.355. The molecule has 0 unspecified atom stereocenters. The lowest BCUT2D eigenvalue weighted by Gasteiger charge is -2.15. The van der Waals surface area contributed by atoms with Gasteiger partial charge in [-0.15, -0.1) is 0 Å². The number of methoxy groups -OCH3 is 1. The lowest BCUT2D eigenvalue weighted by Crippen LogP contribution is -2.27. The zero-order valence-corrected chi connectivity index (χ0v) is 14.1. The molecule has 2 aromatic rings. The van der Waals surface area contributed by atoms with Crippen molar-refractivity contribution in [1.82, 2.24) is 4.90 Å². The highest BCUT2D eigenvalue weighted by molar-refractivity contribution is 6.00. The zero-order chi connectivity index (χ0) is 17.6. The molecule has 0 atom stereocenters. The topological polar surface area (TPSA) is 70.7 Å². The van der Waals surface area contributed by atoms with Crippen LogP contribution in [0.15, 0.2) is 48.5 Å². The first-order valence-corrected chi connectivity index (χ1v) is 8.27. The number of hydrogen-bond acceptors (Lipinski definition) is 3. The number of carbonyl (C=O) groups excluding carboxylic acids is 2. The summed E-state index contributed by atoms with van der Waals surface area (Å²) in [5.41, 5.74) is 1.90. The molecule has 0 saturated carbocycles. The molecule has 6 nitrogen and oxygen atoms in total. The second-order valence-electron chi connectivity index (χ2n) is 5.89. The van der Waals surface area contributed by atoms with Crippen molar-refractivity contribution in [3.8, 4) is 5.75 Å². The molecule has 0 radical (unpaired) electrons. The van der Waals surface area contributed by atoms with Gasteiger partial charge in [-0.25, -0.2) is 4.79 Å². The fraction of sp³-hybridized carbons (Fsp3) is 0.263. The summed E-state index contributed by atoms with van der Waals surface area (Å²) in [5.74, 6) is 0.715. The van der Waals surface area contributed by atoms with E-state index in [0.717, 1.165) is 25.9 Å². The van der Waals surface area contributed by atoms with Gasteiger partial charge in [-0.1, -0.05) is 6.07 Å². The second-order valence-corrected chi connectivity index (χ2v) is 5.89. The molecule has 1 aliphatic heterocycles. The number of likely N-dealkylation sites (tertiary alicyclic amines) is 1. The van der Waals surface area contributed by atoms with E-state index in [9.17, 15) is 9.59 Å². The van der Waals surface area contributed by atoms with Gasteiger partial charge in [0, 0.05) is 36.1 Å². The summed E-state index contributed by atoms with van der Waals surface area (Å²) in [6, 6.07) is 13.7. The van der Waals surface area contributed by atoms with Crippen molar-refractivity contribution in [2.24, 2.45) is 0 Å². The van der Waals surface area contributed by atoms with Crippen molar-refractivity contribution in [1.29, 1.82) is 0 Å². The van der Waals surface area contributed by atoms with Gasteiger partial charge in [-0.3, -0.25) is 4.79 Å². The molecule has 1 saturated heterocycles. The van der Waals surface area contributed by atoms with Gasteiger partial charge in [0.05, 0.1) is 7.11 Å². The predicted octanol–water partition coefficient (Wildman–Crippen LogP) is 3.58. The van der Waals surface area contributed by atoms with Gasteiger partial charge in [0.1, 0.15) is 5.75 Å². The lowest BCUT2D eigenvalue weighted by atomic mass is 10.2. The van der Waals surface area contributed by atoms with Crippen LogP contribution in [0.2, 0.25) is 0 Å². The van der Waals surface area contributed by atoms with Gasteiger partial charge in [-0.05, 0) is 49.2 Å². The summed E-state index contributed by atoms with van der Waals surface area (Å²) >= 11 is 0. The van der Waals surface area contributed by atoms with E-state index < -0.39 is 0 Å². The summed E-state index contributed by atoms with van der Waals surface area (Å²) in [6.45, 7) is 1.64. The SMILES string of the molecule is COc1cccc(NC(=O)Nc2ccc(C(=O)N3CCCC3)cc2)c1. The number of anilines is 2. The summed E-state index contributed by atoms with van der Waals surface area (Å²) in [5, 5.41) is 5.49. The Balaban J connectivity index is 1.58. The third-order valence-corrected chi connectivity index (χ3v) is 4.11. The number of ether oxygens (including phenoxy) is 1. The summed E-state index contributed by atoms with van der Waals surface area (Å²) in [4.78, 5) is 26.2. The Bertz CT molecular complexity index is 753. The standard InChI is InChI=1S/C19H21N3O3/c1-25-17-6-4-5-16(13-17)21-19(24)20-15-9-7-14(8-10-15)18(23)22-11-2-3-12-22/h4-10,13H,2-3,11-12H2,1H3,(H2,20,21,24). The molecule has 3 rings (SSSR count). The van der Waals surface area contributed by atoms with Crippen LogP contribution in [0.25, 0.3) is 0 Å². The Morgan fingerprint density at radius 3 is 2.32 bits per heavy atom. The number of hydrogen-bond donors (Lipinski definition) is 2. The number of nitrogens with zero attached hydrogens (tertiary/aromatic N) is 1. The van der Waals surface area contributed by atoms with Crippen molar-refractivity contribution in [3.05, 3.63) is 54.1 Å². The van der Waals surface area contributed by atoms with E-state index in [0.29, 0.717) is 22.7 Å². The van der Waals surface area contributed by atoms with Crippen LogP contribution in [0.5, 0.6) is 5.75 Å². The van der Waals surface area contributed by atoms with Crippen molar-refractivity contribution >= 4 is 23.3 Å². The first-order chi connectivity index (χ1) is 12.2. The fourth-order valence-electron chi connectivity index (χ4n) is 2.79. The van der Waals surface area contributed by atoms with Gasteiger partial charge in [0.15, 0.2) is 0 Å². The van der Waals surface area contributed by atoms with Crippen LogP contribution >= 0.6 is 0 Å². The molecule has 1 aliphatic rings. The third-order valence-electron chi connectivity index (χ3n) is 4.11. The Morgan fingerprint density at radius 1 is 0.960 bits per heavy atom. The largest absolute Gasteiger partial charge is 0.497 e. The maximum atomic E-state index is 12.3. The van der Waals surface area contributed by atoms with E-state index in [1.165, 1.54) is 0 Å². The fourth-order valence-corrected chi connectivity index (χ4v) is 2.79. The van der Waals surface area contributed by atoms with E-state index in [1.807, 2.05) is 4.90 Å². The highest BCUT2D eigenvalue weighted by Crippen LogP contribution is 2.18. The quantitative estimate of drug-likeness (QED) is 0.894. The number of urea groups is 1. The molecule has 130 valence electrons. The van der Waals surface area contributed by atoms with Crippen LogP contribution in [0.3, 0.4) is 0 Å². The molecular weight excluding hydrogens is 318 g/mol. The number of nitrogens with one attached hydrogen (secondary N) is 2. The molecule has 25 heavy (non-hydrogen) atoms. The van der Waals surface area contributed by atoms with E-state index in [1.54, 1.807) is 55.6 Å². The first-order valence-electron chi connectivity index (χ1n) is 8.27. The molecule has 1 fully saturated rings. The average Bonchev–Trinajstić information content (AvgIpc) is 3.16. The van der Waals surface area contributed by atoms with Crippen molar-refractivity contribution in [3.63, 3.8) is 0 Å². The number of benzene rings is 2. The molecule has 1 heterocycles. The van der Waals surface area contributed by atoms with Gasteiger partial charge >= 0.3 is 6.03 Å². The molecular formula is C19H21N3O3. The Labute approximate surface area is 146 Å². The van der Waals surface area contributed by atoms with E-state index in [4.69, 9.17) is 4.74 Å². The normalized spacial score (nSPS) is 13.4. The van der Waals surface area contributed by atoms with Crippen LogP contribution in [-0.2, 0) is 0 Å². The zero-order valence-electron chi connectivity index (χ0n) is 14.1. The van der Waals surface area contributed by atoms with Crippen LogP contribution < -0.4 is 15.4 Å². The molecule has 0 bridgehead atoms. The number of carbonyl (C=O) groups is 2. The van der Waals surface area contributed by atoms with Crippen molar-refractivity contribution < 1.29 is 14.3 Å². The van der Waals surface area contributed by atoms with E-state index >= 15 is 0 Å². The Hall–Kier alpha value is -3.02. The maximum absolute atomic E-state index is 12.3. The molecule has 2 aromatic carbocycles. The lowest BCUT2D eigenvalue weighted by molar-refractivity contribution is 0.0793. The monoisotopic (exact) mass is 339 g/mol. The maximum Gasteiger partial charge on any atom is 0.323 e. The van der Waals surface area contributed by atoms with Gasteiger partial charge in [0.2, 0.25) is 0 Å². The van der Waals surface area contributed by atoms with Gasteiger partial charge in [0.25, 0.3) is 5.91 Å². The third kappa shape index (κ3) is 4.29. The van der Waals surface area contributed by atoms with E-state index in [2.05, 4.69) is 10.6 Å². The summed E-state index contributed by atoms with van der Waals surface area (Å²) < 4.78 is 5.12. The van der Waals surface area contributed by atoms with Crippen molar-refractivity contribution in [2.75, 3.05) is 30.8 Å². The predicted molar refractivity (Wildman–Crippen MR) is 97.2 cm³/mol. The van der Waals surface area contributed by atoms with Crippen LogP contribution in [-0.4, -0.2) is 37.0 Å².